The Hall–Kier alpha value is -2.88. The van der Waals surface area contributed by atoms with Gasteiger partial charge in [0.15, 0.2) is 0 Å². The molecule has 1 aromatic carbocycles. The van der Waals surface area contributed by atoms with E-state index in [1.165, 1.54) is 0 Å². The molecule has 0 fully saturated rings. The van der Waals surface area contributed by atoms with Gasteiger partial charge >= 0.3 is 6.18 Å². The van der Waals surface area contributed by atoms with Gasteiger partial charge in [-0.2, -0.15) is 13.2 Å². The standard InChI is InChI=1S/C15H7ClF5N5/c16-11-4-7(3-10(23-11)15(19,20)21)13-12(24-14(22)26-25-13)6-1-8(17)5-9(18)2-6/h1-5H,(H2,22,24,26). The van der Waals surface area contributed by atoms with Crippen LogP contribution in [0.2, 0.25) is 5.15 Å². The first-order valence-electron chi connectivity index (χ1n) is 6.85. The molecule has 134 valence electrons. The third-order valence-corrected chi connectivity index (χ3v) is 3.39. The maximum Gasteiger partial charge on any atom is 0.433 e. The first-order chi connectivity index (χ1) is 12.1. The van der Waals surface area contributed by atoms with Crippen molar-refractivity contribution < 1.29 is 22.0 Å². The van der Waals surface area contributed by atoms with E-state index >= 15 is 0 Å². The van der Waals surface area contributed by atoms with E-state index in [9.17, 15) is 22.0 Å². The lowest BCUT2D eigenvalue weighted by molar-refractivity contribution is -0.141. The van der Waals surface area contributed by atoms with Crippen molar-refractivity contribution in [3.8, 4) is 22.5 Å². The number of aromatic nitrogens is 4. The predicted octanol–water partition coefficient (Wildman–Crippen LogP) is 4.13. The van der Waals surface area contributed by atoms with Gasteiger partial charge < -0.3 is 5.73 Å². The molecular formula is C15H7ClF5N5. The van der Waals surface area contributed by atoms with Gasteiger partial charge in [0, 0.05) is 17.2 Å². The maximum absolute atomic E-state index is 13.5. The Balaban J connectivity index is 2.26. The summed E-state index contributed by atoms with van der Waals surface area (Å²) in [7, 11) is 0. The number of pyridine rings is 1. The van der Waals surface area contributed by atoms with Crippen LogP contribution in [-0.4, -0.2) is 20.2 Å². The summed E-state index contributed by atoms with van der Waals surface area (Å²) >= 11 is 5.66. The third-order valence-electron chi connectivity index (χ3n) is 3.20. The number of nitrogens with two attached hydrogens (primary N) is 1. The molecule has 3 aromatic rings. The number of hydrogen-bond acceptors (Lipinski definition) is 5. The van der Waals surface area contributed by atoms with Crippen LogP contribution in [-0.2, 0) is 6.18 Å². The van der Waals surface area contributed by atoms with Crippen LogP contribution in [0, 0.1) is 11.6 Å². The van der Waals surface area contributed by atoms with Gasteiger partial charge in [-0.05, 0) is 24.3 Å². The number of nitrogen functional groups attached to an aromatic ring is 1. The van der Waals surface area contributed by atoms with Crippen molar-refractivity contribution >= 4 is 17.5 Å². The lowest BCUT2D eigenvalue weighted by atomic mass is 10.0. The van der Waals surface area contributed by atoms with E-state index in [0.29, 0.717) is 12.1 Å². The molecule has 26 heavy (non-hydrogen) atoms. The largest absolute Gasteiger partial charge is 0.433 e. The molecule has 2 N–H and O–H groups in total. The first kappa shape index (κ1) is 17.9. The summed E-state index contributed by atoms with van der Waals surface area (Å²) in [6.45, 7) is 0. The van der Waals surface area contributed by atoms with Crippen LogP contribution in [0.3, 0.4) is 0 Å². The highest BCUT2D eigenvalue weighted by Gasteiger charge is 2.33. The minimum Gasteiger partial charge on any atom is -0.366 e. The monoisotopic (exact) mass is 387 g/mol. The van der Waals surface area contributed by atoms with Crippen LogP contribution < -0.4 is 5.73 Å². The minimum atomic E-state index is -4.76. The zero-order valence-electron chi connectivity index (χ0n) is 12.5. The van der Waals surface area contributed by atoms with Gasteiger partial charge in [-0.1, -0.05) is 11.6 Å². The molecule has 0 amide bonds. The smallest absolute Gasteiger partial charge is 0.366 e. The van der Waals surface area contributed by atoms with E-state index in [1.54, 1.807) is 0 Å². The lowest BCUT2D eigenvalue weighted by Crippen LogP contribution is -2.09. The van der Waals surface area contributed by atoms with E-state index < -0.39 is 28.7 Å². The summed E-state index contributed by atoms with van der Waals surface area (Å²) in [6.07, 6.45) is -4.76. The predicted molar refractivity (Wildman–Crippen MR) is 82.8 cm³/mol. The Kier molecular flexibility index (Phi) is 4.45. The summed E-state index contributed by atoms with van der Waals surface area (Å²) in [6, 6.07) is 4.27. The van der Waals surface area contributed by atoms with Gasteiger partial charge in [-0.15, -0.1) is 10.2 Å². The van der Waals surface area contributed by atoms with Gasteiger partial charge in [0.25, 0.3) is 0 Å². The molecule has 0 atom stereocenters. The number of halogens is 6. The van der Waals surface area contributed by atoms with Crippen molar-refractivity contribution in [3.05, 3.63) is 52.8 Å². The molecule has 0 saturated carbocycles. The van der Waals surface area contributed by atoms with E-state index in [0.717, 1.165) is 18.2 Å². The molecule has 3 rings (SSSR count). The fraction of sp³-hybridized carbons (Fsp3) is 0.0667. The van der Waals surface area contributed by atoms with Crippen molar-refractivity contribution in [2.75, 3.05) is 5.73 Å². The molecule has 0 aliphatic rings. The van der Waals surface area contributed by atoms with Gasteiger partial charge in [0.05, 0.1) is 0 Å². The average Bonchev–Trinajstić information content (AvgIpc) is 2.52. The van der Waals surface area contributed by atoms with Crippen molar-refractivity contribution in [2.45, 2.75) is 6.18 Å². The highest BCUT2D eigenvalue weighted by molar-refractivity contribution is 6.29. The molecule has 5 nitrogen and oxygen atoms in total. The molecule has 2 aromatic heterocycles. The summed E-state index contributed by atoms with van der Waals surface area (Å²) in [5, 5.41) is 6.75. The highest BCUT2D eigenvalue weighted by atomic mass is 35.5. The Bertz CT molecular complexity index is 972. The van der Waals surface area contributed by atoms with E-state index in [1.807, 2.05) is 0 Å². The first-order valence-corrected chi connectivity index (χ1v) is 7.23. The maximum atomic E-state index is 13.5. The molecule has 0 aliphatic carbocycles. The van der Waals surface area contributed by atoms with Gasteiger partial charge in [0.2, 0.25) is 5.95 Å². The Morgan fingerprint density at radius 2 is 1.42 bits per heavy atom. The summed E-state index contributed by atoms with van der Waals surface area (Å²) < 4.78 is 65.9. The van der Waals surface area contributed by atoms with Crippen molar-refractivity contribution in [2.24, 2.45) is 0 Å². The van der Waals surface area contributed by atoms with E-state index in [2.05, 4.69) is 20.2 Å². The molecule has 2 heterocycles. The molecule has 0 radical (unpaired) electrons. The number of alkyl halides is 3. The number of rotatable bonds is 2. The number of hydrogen-bond donors (Lipinski definition) is 1. The number of benzene rings is 1. The fourth-order valence-corrected chi connectivity index (χ4v) is 2.41. The van der Waals surface area contributed by atoms with Crippen LogP contribution in [0.1, 0.15) is 5.69 Å². The molecule has 0 spiro atoms. The van der Waals surface area contributed by atoms with Crippen LogP contribution in [0.15, 0.2) is 30.3 Å². The Labute approximate surface area is 147 Å². The fourth-order valence-electron chi connectivity index (χ4n) is 2.20. The molecule has 0 unspecified atom stereocenters. The van der Waals surface area contributed by atoms with Crippen molar-refractivity contribution in [3.63, 3.8) is 0 Å². The van der Waals surface area contributed by atoms with Crippen LogP contribution in [0.4, 0.5) is 27.9 Å². The minimum absolute atomic E-state index is 0.0828. The Morgan fingerprint density at radius 3 is 2.04 bits per heavy atom. The van der Waals surface area contributed by atoms with Gasteiger partial charge in [-0.3, -0.25) is 0 Å². The van der Waals surface area contributed by atoms with E-state index in [-0.39, 0.29) is 28.5 Å². The van der Waals surface area contributed by atoms with Crippen LogP contribution in [0.25, 0.3) is 22.5 Å². The van der Waals surface area contributed by atoms with Gasteiger partial charge in [-0.25, -0.2) is 18.7 Å². The number of nitrogens with zero attached hydrogens (tertiary/aromatic N) is 4. The van der Waals surface area contributed by atoms with E-state index in [4.69, 9.17) is 17.3 Å². The van der Waals surface area contributed by atoms with Crippen molar-refractivity contribution in [1.82, 2.24) is 20.2 Å². The molecule has 0 saturated heterocycles. The second-order valence-electron chi connectivity index (χ2n) is 5.09. The third kappa shape index (κ3) is 3.69. The number of anilines is 1. The SMILES string of the molecule is Nc1nnc(-c2cc(Cl)nc(C(F)(F)F)c2)c(-c2cc(F)cc(F)c2)n1. The van der Waals surface area contributed by atoms with Crippen LogP contribution in [0.5, 0.6) is 0 Å². The Morgan fingerprint density at radius 1 is 0.808 bits per heavy atom. The zero-order valence-corrected chi connectivity index (χ0v) is 13.3. The van der Waals surface area contributed by atoms with Gasteiger partial charge in [0.1, 0.15) is 33.9 Å². The molecule has 0 aliphatic heterocycles. The highest BCUT2D eigenvalue weighted by Crippen LogP contribution is 2.35. The summed E-state index contributed by atoms with van der Waals surface area (Å²) in [4.78, 5) is 7.06. The normalized spacial score (nSPS) is 11.6. The molecular weight excluding hydrogens is 381 g/mol. The topological polar surface area (TPSA) is 77.6 Å². The van der Waals surface area contributed by atoms with Crippen LogP contribution >= 0.6 is 11.6 Å². The second kappa shape index (κ2) is 6.45. The van der Waals surface area contributed by atoms with Crippen molar-refractivity contribution in [1.29, 1.82) is 0 Å². The molecule has 11 heteroatoms. The molecule has 0 bridgehead atoms. The summed E-state index contributed by atoms with van der Waals surface area (Å²) in [5.74, 6) is -2.15. The quantitative estimate of drug-likeness (QED) is 0.528. The summed E-state index contributed by atoms with van der Waals surface area (Å²) in [5.41, 5.74) is 3.61. The lowest BCUT2D eigenvalue weighted by Gasteiger charge is -2.11. The second-order valence-corrected chi connectivity index (χ2v) is 5.47. The average molecular weight is 388 g/mol. The zero-order chi connectivity index (χ0) is 19.1.